The largest absolute Gasteiger partial charge is 0.491 e. The fraction of sp³-hybridized carbons (Fsp3) is 0.333. The zero-order valence-corrected chi connectivity index (χ0v) is 23.0. The van der Waals surface area contributed by atoms with Crippen LogP contribution in [-0.2, 0) is 13.1 Å². The Balaban J connectivity index is 1.84. The first-order chi connectivity index (χ1) is 18.8. The molecule has 11 nitrogen and oxygen atoms in total. The molecule has 202 valence electrons. The molecule has 0 unspecified atom stereocenters. The Bertz CT molecular complexity index is 1460. The van der Waals surface area contributed by atoms with Crippen LogP contribution < -0.4 is 20.7 Å². The number of ether oxygens (including phenoxy) is 1. The average Bonchev–Trinajstić information content (AvgIpc) is 3.37. The standard InChI is InChI=1S/C27H30ClN9O2/c1-15(22(30)8-29)24(32-4)25-16(2)27(37-11-17-9-33-14-34-23(17)12-37)36-26(35-25)20-7-19(5-6-21(20)28)39-13-18(38)10-31-3/h5-7,9,14,18,31,38H,10-13,30H2,1-4H3/t18-/m1/s1. The van der Waals surface area contributed by atoms with E-state index in [1.807, 2.05) is 13.0 Å². The first-order valence-electron chi connectivity index (χ1n) is 12.3. The Kier molecular flexibility index (Phi) is 8.71. The van der Waals surface area contributed by atoms with E-state index in [0.29, 0.717) is 64.6 Å². The van der Waals surface area contributed by atoms with Gasteiger partial charge in [0.15, 0.2) is 5.82 Å². The SMILES string of the molecule is CN=C(C(C)=C(N)C#N)c1nc(-c2cc(OC[C@H](O)CNC)ccc2Cl)nc(N2Cc3cncnc3C2)c1C. The summed E-state index contributed by atoms with van der Waals surface area (Å²) in [5.74, 6) is 1.53. The maximum absolute atomic E-state index is 10.1. The molecule has 3 aromatic rings. The number of likely N-dealkylation sites (N-methyl/N-ethyl adjacent to an activating group) is 1. The van der Waals surface area contributed by atoms with Crippen molar-refractivity contribution in [3.05, 3.63) is 69.5 Å². The van der Waals surface area contributed by atoms with Crippen molar-refractivity contribution in [2.75, 3.05) is 32.1 Å². The Morgan fingerprint density at radius 3 is 2.85 bits per heavy atom. The van der Waals surface area contributed by atoms with E-state index in [2.05, 4.69) is 25.2 Å². The van der Waals surface area contributed by atoms with E-state index in [1.54, 1.807) is 45.4 Å². The van der Waals surface area contributed by atoms with Crippen molar-refractivity contribution in [3.8, 4) is 23.2 Å². The van der Waals surface area contributed by atoms with Crippen LogP contribution in [0.2, 0.25) is 5.02 Å². The molecule has 2 aromatic heterocycles. The Morgan fingerprint density at radius 2 is 2.15 bits per heavy atom. The third kappa shape index (κ3) is 5.98. The molecular formula is C27H30ClN9O2. The highest BCUT2D eigenvalue weighted by Crippen LogP contribution is 2.35. The highest BCUT2D eigenvalue weighted by atomic mass is 35.5. The molecule has 3 heterocycles. The van der Waals surface area contributed by atoms with E-state index >= 15 is 0 Å². The van der Waals surface area contributed by atoms with Crippen LogP contribution in [0.15, 0.2) is 47.0 Å². The zero-order valence-electron chi connectivity index (χ0n) is 22.2. The Hall–Kier alpha value is -4.11. The molecule has 1 aliphatic rings. The van der Waals surface area contributed by atoms with Crippen molar-refractivity contribution in [1.29, 1.82) is 5.26 Å². The average molecular weight is 548 g/mol. The number of benzene rings is 1. The number of aliphatic imine (C=N–C) groups is 1. The van der Waals surface area contributed by atoms with Crippen molar-refractivity contribution in [2.45, 2.75) is 33.0 Å². The maximum atomic E-state index is 10.1. The number of aromatic nitrogens is 4. The van der Waals surface area contributed by atoms with Gasteiger partial charge in [-0.1, -0.05) is 11.6 Å². The molecule has 1 aromatic carbocycles. The van der Waals surface area contributed by atoms with Crippen LogP contribution >= 0.6 is 11.6 Å². The molecule has 1 atom stereocenters. The summed E-state index contributed by atoms with van der Waals surface area (Å²) in [5, 5.41) is 22.8. The minimum absolute atomic E-state index is 0.0501. The molecular weight excluding hydrogens is 518 g/mol. The number of nitrogens with one attached hydrogen (secondary N) is 1. The van der Waals surface area contributed by atoms with E-state index in [1.165, 1.54) is 6.33 Å². The van der Waals surface area contributed by atoms with Crippen molar-refractivity contribution in [3.63, 3.8) is 0 Å². The van der Waals surface area contributed by atoms with E-state index in [9.17, 15) is 10.4 Å². The normalized spacial score (nSPS) is 14.5. The molecule has 0 bridgehead atoms. The van der Waals surface area contributed by atoms with Gasteiger partial charge in [-0.15, -0.1) is 0 Å². The second-order valence-electron chi connectivity index (χ2n) is 9.08. The lowest BCUT2D eigenvalue weighted by Gasteiger charge is -2.22. The third-order valence-corrected chi connectivity index (χ3v) is 6.72. The molecule has 4 N–H and O–H groups in total. The van der Waals surface area contributed by atoms with Gasteiger partial charge >= 0.3 is 0 Å². The maximum Gasteiger partial charge on any atom is 0.163 e. The fourth-order valence-corrected chi connectivity index (χ4v) is 4.53. The predicted octanol–water partition coefficient (Wildman–Crippen LogP) is 2.55. The number of nitriles is 1. The number of aliphatic hydroxyl groups excluding tert-OH is 1. The summed E-state index contributed by atoms with van der Waals surface area (Å²) in [6.45, 7) is 5.26. The molecule has 0 saturated heterocycles. The van der Waals surface area contributed by atoms with E-state index < -0.39 is 6.10 Å². The van der Waals surface area contributed by atoms with Gasteiger partial charge in [-0.05, 0) is 39.1 Å². The first kappa shape index (κ1) is 27.9. The van der Waals surface area contributed by atoms with E-state index in [0.717, 1.165) is 16.8 Å². The van der Waals surface area contributed by atoms with E-state index in [4.69, 9.17) is 32.0 Å². The highest BCUT2D eigenvalue weighted by Gasteiger charge is 2.27. The summed E-state index contributed by atoms with van der Waals surface area (Å²) < 4.78 is 5.80. The number of fused-ring (bicyclic) bond motifs is 1. The summed E-state index contributed by atoms with van der Waals surface area (Å²) in [4.78, 5) is 24.9. The molecule has 0 fully saturated rings. The highest BCUT2D eigenvalue weighted by molar-refractivity contribution is 6.33. The molecule has 0 amide bonds. The molecule has 0 aliphatic carbocycles. The number of rotatable bonds is 9. The topological polar surface area (TPSA) is 158 Å². The van der Waals surface area contributed by atoms with Crippen LogP contribution in [-0.4, -0.2) is 64.1 Å². The number of aliphatic hydroxyl groups is 1. The van der Waals surface area contributed by atoms with Gasteiger partial charge in [0, 0.05) is 48.6 Å². The summed E-state index contributed by atoms with van der Waals surface area (Å²) in [5.41, 5.74) is 10.8. The molecule has 1 aliphatic heterocycles. The minimum atomic E-state index is -0.675. The van der Waals surface area contributed by atoms with Gasteiger partial charge in [0.1, 0.15) is 42.4 Å². The molecule has 39 heavy (non-hydrogen) atoms. The number of allylic oxidation sites excluding steroid dienone is 2. The van der Waals surface area contributed by atoms with Crippen LogP contribution in [0.25, 0.3) is 11.4 Å². The van der Waals surface area contributed by atoms with Gasteiger partial charge < -0.3 is 25.8 Å². The Morgan fingerprint density at radius 1 is 1.36 bits per heavy atom. The Labute approximate surface area is 232 Å². The predicted molar refractivity (Wildman–Crippen MR) is 150 cm³/mol. The second-order valence-corrected chi connectivity index (χ2v) is 9.49. The van der Waals surface area contributed by atoms with Crippen LogP contribution in [0.4, 0.5) is 5.82 Å². The van der Waals surface area contributed by atoms with Gasteiger partial charge in [-0.25, -0.2) is 19.9 Å². The van der Waals surface area contributed by atoms with Crippen LogP contribution in [0.3, 0.4) is 0 Å². The quantitative estimate of drug-likeness (QED) is 0.268. The zero-order chi connectivity index (χ0) is 28.1. The van der Waals surface area contributed by atoms with Crippen LogP contribution in [0.5, 0.6) is 5.75 Å². The molecule has 0 spiro atoms. The van der Waals surface area contributed by atoms with Gasteiger partial charge in [0.25, 0.3) is 0 Å². The monoisotopic (exact) mass is 547 g/mol. The summed E-state index contributed by atoms with van der Waals surface area (Å²) in [6.07, 6.45) is 2.66. The first-order valence-corrected chi connectivity index (χ1v) is 12.7. The van der Waals surface area contributed by atoms with Gasteiger partial charge in [0.2, 0.25) is 0 Å². The number of halogens is 1. The smallest absolute Gasteiger partial charge is 0.163 e. The van der Waals surface area contributed by atoms with Crippen molar-refractivity contribution in [2.24, 2.45) is 10.7 Å². The third-order valence-electron chi connectivity index (χ3n) is 6.39. The van der Waals surface area contributed by atoms with Crippen molar-refractivity contribution >= 4 is 23.1 Å². The number of anilines is 1. The van der Waals surface area contributed by atoms with Gasteiger partial charge in [-0.2, -0.15) is 5.26 Å². The lowest BCUT2D eigenvalue weighted by atomic mass is 10.0. The number of nitrogens with two attached hydrogens (primary N) is 1. The number of hydrogen-bond donors (Lipinski definition) is 3. The second kappa shape index (κ2) is 12.2. The summed E-state index contributed by atoms with van der Waals surface area (Å²) >= 11 is 6.64. The fourth-order valence-electron chi connectivity index (χ4n) is 4.33. The lowest BCUT2D eigenvalue weighted by Crippen LogP contribution is -2.29. The van der Waals surface area contributed by atoms with Crippen molar-refractivity contribution < 1.29 is 9.84 Å². The molecule has 0 radical (unpaired) electrons. The minimum Gasteiger partial charge on any atom is -0.491 e. The molecule has 4 rings (SSSR count). The lowest BCUT2D eigenvalue weighted by molar-refractivity contribution is 0.108. The van der Waals surface area contributed by atoms with E-state index in [-0.39, 0.29) is 12.3 Å². The van der Waals surface area contributed by atoms with Crippen molar-refractivity contribution in [1.82, 2.24) is 25.3 Å². The van der Waals surface area contributed by atoms with Crippen LogP contribution in [0, 0.1) is 18.3 Å². The van der Waals surface area contributed by atoms with Gasteiger partial charge in [0.05, 0.1) is 28.7 Å². The summed E-state index contributed by atoms with van der Waals surface area (Å²) in [7, 11) is 3.39. The van der Waals surface area contributed by atoms with Crippen LogP contribution in [0.1, 0.15) is 29.4 Å². The van der Waals surface area contributed by atoms with Gasteiger partial charge in [-0.3, -0.25) is 4.99 Å². The molecule has 12 heteroatoms. The molecule has 0 saturated carbocycles. The summed E-state index contributed by atoms with van der Waals surface area (Å²) in [6, 6.07) is 7.16. The number of hydrogen-bond acceptors (Lipinski definition) is 11. The number of nitrogens with zero attached hydrogens (tertiary/aromatic N) is 7.